The summed E-state index contributed by atoms with van der Waals surface area (Å²) < 4.78 is 25.8. The molecule has 2 aromatic carbocycles. The van der Waals surface area contributed by atoms with Crippen LogP contribution in [-0.4, -0.2) is 39.8 Å². The van der Waals surface area contributed by atoms with Gasteiger partial charge in [0.15, 0.2) is 5.96 Å². The fraction of sp³-hybridized carbons (Fsp3) is 0.381. The fourth-order valence-corrected chi connectivity index (χ4v) is 4.91. The Morgan fingerprint density at radius 2 is 1.69 bits per heavy atom. The van der Waals surface area contributed by atoms with Gasteiger partial charge in [-0.2, -0.15) is 0 Å². The molecule has 1 fully saturated rings. The zero-order valence-electron chi connectivity index (χ0n) is 16.8. The lowest BCUT2D eigenvalue weighted by Crippen LogP contribution is -2.40. The first-order valence-corrected chi connectivity index (χ1v) is 12.1. The van der Waals surface area contributed by atoms with Crippen LogP contribution in [0.3, 0.4) is 0 Å². The Kier molecular flexibility index (Phi) is 7.21. The Morgan fingerprint density at radius 3 is 2.28 bits per heavy atom. The lowest BCUT2D eigenvalue weighted by molar-refractivity contribution is 0.587. The van der Waals surface area contributed by atoms with E-state index in [2.05, 4.69) is 44.6 Å². The second kappa shape index (κ2) is 9.65. The van der Waals surface area contributed by atoms with Crippen LogP contribution in [0.2, 0.25) is 0 Å². The molecule has 0 saturated heterocycles. The standard InChI is InChI=1S/C21H28N4O2S2/c1-22-20(25-16-21(12-13-21)28-19-6-4-3-5-7-19)24-14-17-8-10-18(11-9-17)15-29(26,27)23-2/h3-11,23H,12-16H2,1-2H3,(H2,22,24,25). The van der Waals surface area contributed by atoms with E-state index in [-0.39, 0.29) is 10.5 Å². The van der Waals surface area contributed by atoms with E-state index >= 15 is 0 Å². The van der Waals surface area contributed by atoms with Crippen LogP contribution in [0.25, 0.3) is 0 Å². The minimum absolute atomic E-state index is 0.0123. The van der Waals surface area contributed by atoms with Gasteiger partial charge in [0.05, 0.1) is 5.75 Å². The van der Waals surface area contributed by atoms with Crippen molar-refractivity contribution in [1.82, 2.24) is 15.4 Å². The molecule has 29 heavy (non-hydrogen) atoms. The van der Waals surface area contributed by atoms with E-state index in [1.165, 1.54) is 24.8 Å². The van der Waals surface area contributed by atoms with Crippen LogP contribution in [0.15, 0.2) is 64.5 Å². The third-order valence-electron chi connectivity index (χ3n) is 4.84. The van der Waals surface area contributed by atoms with Crippen molar-refractivity contribution >= 4 is 27.7 Å². The second-order valence-corrected chi connectivity index (χ2v) is 10.6. The van der Waals surface area contributed by atoms with Crippen molar-refractivity contribution in [3.8, 4) is 0 Å². The molecule has 3 N–H and O–H groups in total. The van der Waals surface area contributed by atoms with Crippen molar-refractivity contribution in [2.45, 2.75) is 34.8 Å². The highest BCUT2D eigenvalue weighted by Crippen LogP contribution is 2.51. The predicted octanol–water partition coefficient (Wildman–Crippen LogP) is 2.73. The molecule has 0 spiro atoms. The molecule has 1 saturated carbocycles. The molecular weight excluding hydrogens is 404 g/mol. The molecule has 0 bridgehead atoms. The summed E-state index contributed by atoms with van der Waals surface area (Å²) in [5.41, 5.74) is 1.83. The first kappa shape index (κ1) is 21.7. The number of hydrogen-bond acceptors (Lipinski definition) is 4. The highest BCUT2D eigenvalue weighted by Gasteiger charge is 2.43. The average molecular weight is 433 g/mol. The summed E-state index contributed by atoms with van der Waals surface area (Å²) in [7, 11) is -0.0542. The van der Waals surface area contributed by atoms with Crippen molar-refractivity contribution < 1.29 is 8.42 Å². The molecule has 0 amide bonds. The Balaban J connectivity index is 1.47. The molecule has 2 aromatic rings. The van der Waals surface area contributed by atoms with Crippen molar-refractivity contribution in [1.29, 1.82) is 0 Å². The number of guanidine groups is 1. The van der Waals surface area contributed by atoms with Crippen LogP contribution in [0.4, 0.5) is 0 Å². The molecule has 0 atom stereocenters. The van der Waals surface area contributed by atoms with Gasteiger partial charge in [-0.1, -0.05) is 42.5 Å². The van der Waals surface area contributed by atoms with Crippen LogP contribution in [0.1, 0.15) is 24.0 Å². The highest BCUT2D eigenvalue weighted by atomic mass is 32.2. The Morgan fingerprint density at radius 1 is 1.03 bits per heavy atom. The Labute approximate surface area is 177 Å². The maximum absolute atomic E-state index is 11.6. The van der Waals surface area contributed by atoms with Crippen molar-refractivity contribution in [2.75, 3.05) is 20.6 Å². The largest absolute Gasteiger partial charge is 0.355 e. The summed E-state index contributed by atoms with van der Waals surface area (Å²) in [4.78, 5) is 5.62. The van der Waals surface area contributed by atoms with Gasteiger partial charge in [0, 0.05) is 29.8 Å². The summed E-state index contributed by atoms with van der Waals surface area (Å²) in [6.45, 7) is 1.49. The van der Waals surface area contributed by atoms with Crippen LogP contribution in [0.5, 0.6) is 0 Å². The van der Waals surface area contributed by atoms with E-state index in [1.807, 2.05) is 42.1 Å². The second-order valence-electron chi connectivity index (χ2n) is 7.16. The predicted molar refractivity (Wildman–Crippen MR) is 121 cm³/mol. The molecule has 3 rings (SSSR count). The van der Waals surface area contributed by atoms with E-state index in [1.54, 1.807) is 7.05 Å². The monoisotopic (exact) mass is 432 g/mol. The number of benzene rings is 2. The van der Waals surface area contributed by atoms with Crippen LogP contribution >= 0.6 is 11.8 Å². The maximum Gasteiger partial charge on any atom is 0.215 e. The summed E-state index contributed by atoms with van der Waals surface area (Å²) in [6.07, 6.45) is 2.40. The van der Waals surface area contributed by atoms with Crippen LogP contribution < -0.4 is 15.4 Å². The van der Waals surface area contributed by atoms with Crippen LogP contribution in [0, 0.1) is 0 Å². The van der Waals surface area contributed by atoms with Crippen molar-refractivity contribution in [3.63, 3.8) is 0 Å². The molecule has 0 heterocycles. The first-order chi connectivity index (χ1) is 13.9. The molecule has 0 radical (unpaired) electrons. The van der Waals surface area contributed by atoms with Crippen LogP contribution in [-0.2, 0) is 22.3 Å². The Bertz CT molecular complexity index is 925. The number of nitrogens with zero attached hydrogens (tertiary/aromatic N) is 1. The van der Waals surface area contributed by atoms with Gasteiger partial charge in [0.25, 0.3) is 0 Å². The molecule has 8 heteroatoms. The SMILES string of the molecule is CN=C(NCc1ccc(CS(=O)(=O)NC)cc1)NCC1(Sc2ccccc2)CC1. The zero-order chi connectivity index (χ0) is 20.7. The molecule has 1 aliphatic rings. The van der Waals surface area contributed by atoms with E-state index in [0.29, 0.717) is 6.54 Å². The normalized spacial score (nSPS) is 15.7. The summed E-state index contributed by atoms with van der Waals surface area (Å²) >= 11 is 1.93. The zero-order valence-corrected chi connectivity index (χ0v) is 18.4. The van der Waals surface area contributed by atoms with E-state index < -0.39 is 10.0 Å². The van der Waals surface area contributed by atoms with Crippen molar-refractivity contribution in [3.05, 3.63) is 65.7 Å². The van der Waals surface area contributed by atoms with Crippen molar-refractivity contribution in [2.24, 2.45) is 4.99 Å². The van der Waals surface area contributed by atoms with Gasteiger partial charge >= 0.3 is 0 Å². The van der Waals surface area contributed by atoms with Gasteiger partial charge in [-0.05, 0) is 43.1 Å². The van der Waals surface area contributed by atoms with Gasteiger partial charge in [0.2, 0.25) is 10.0 Å². The van der Waals surface area contributed by atoms with Gasteiger partial charge in [-0.15, -0.1) is 11.8 Å². The highest BCUT2D eigenvalue weighted by molar-refractivity contribution is 8.01. The third-order valence-corrected chi connectivity index (χ3v) is 7.67. The molecule has 0 unspecified atom stereocenters. The van der Waals surface area contributed by atoms with Gasteiger partial charge in [-0.3, -0.25) is 4.99 Å². The maximum atomic E-state index is 11.6. The molecule has 156 valence electrons. The molecule has 0 aromatic heterocycles. The third kappa shape index (κ3) is 6.76. The topological polar surface area (TPSA) is 82.6 Å². The lowest BCUT2D eigenvalue weighted by Gasteiger charge is -2.18. The number of rotatable bonds is 9. The number of hydrogen-bond donors (Lipinski definition) is 3. The quantitative estimate of drug-likeness (QED) is 0.419. The molecule has 0 aliphatic heterocycles. The van der Waals surface area contributed by atoms with Gasteiger partial charge < -0.3 is 10.6 Å². The van der Waals surface area contributed by atoms with E-state index in [4.69, 9.17) is 0 Å². The summed E-state index contributed by atoms with van der Waals surface area (Å²) in [5.74, 6) is 0.758. The number of sulfonamides is 1. The number of thioether (sulfide) groups is 1. The molecule has 6 nitrogen and oxygen atoms in total. The lowest BCUT2D eigenvalue weighted by atomic mass is 10.1. The first-order valence-electron chi connectivity index (χ1n) is 9.61. The smallest absolute Gasteiger partial charge is 0.215 e. The summed E-state index contributed by atoms with van der Waals surface area (Å²) in [5, 5.41) is 6.77. The number of nitrogens with one attached hydrogen (secondary N) is 3. The van der Waals surface area contributed by atoms with Gasteiger partial charge in [0.1, 0.15) is 0 Å². The molecule has 1 aliphatic carbocycles. The minimum Gasteiger partial charge on any atom is -0.355 e. The minimum atomic E-state index is -3.25. The van der Waals surface area contributed by atoms with E-state index in [0.717, 1.165) is 23.6 Å². The molecular formula is C21H28N4O2S2. The summed E-state index contributed by atoms with van der Waals surface area (Å²) in [6, 6.07) is 18.1. The van der Waals surface area contributed by atoms with Gasteiger partial charge in [-0.25, -0.2) is 13.1 Å². The average Bonchev–Trinajstić information content (AvgIpc) is 3.49. The van der Waals surface area contributed by atoms with E-state index in [9.17, 15) is 8.42 Å². The Hall–Kier alpha value is -2.03. The number of aliphatic imine (C=N–C) groups is 1. The fourth-order valence-electron chi connectivity index (χ4n) is 2.89.